The van der Waals surface area contributed by atoms with Crippen molar-refractivity contribution in [3.8, 4) is 0 Å². The van der Waals surface area contributed by atoms with Gasteiger partial charge in [0.25, 0.3) is 0 Å². The summed E-state index contributed by atoms with van der Waals surface area (Å²) >= 11 is 5.46. The van der Waals surface area contributed by atoms with Crippen LogP contribution in [-0.4, -0.2) is 26.1 Å². The van der Waals surface area contributed by atoms with Crippen molar-refractivity contribution in [2.75, 3.05) is 11.6 Å². The normalized spacial score (nSPS) is 13.9. The van der Waals surface area contributed by atoms with Crippen molar-refractivity contribution in [3.63, 3.8) is 0 Å². The molecule has 0 bridgehead atoms. The van der Waals surface area contributed by atoms with Crippen LogP contribution in [0.4, 0.5) is 0 Å². The molecule has 0 aliphatic carbocycles. The molecule has 0 aliphatic rings. The van der Waals surface area contributed by atoms with Crippen molar-refractivity contribution >= 4 is 21.6 Å². The van der Waals surface area contributed by atoms with Crippen LogP contribution in [0.2, 0.25) is 0 Å². The molecule has 1 atom stereocenters. The van der Waals surface area contributed by atoms with E-state index in [0.717, 1.165) is 6.42 Å². The number of rotatable bonds is 8. The molecule has 84 valence electrons. The molecule has 0 spiro atoms. The highest BCUT2D eigenvalue weighted by atomic mass is 35.5. The van der Waals surface area contributed by atoms with Gasteiger partial charge in [-0.05, 0) is 26.2 Å². The monoisotopic (exact) mass is 239 g/mol. The van der Waals surface area contributed by atoms with Crippen LogP contribution in [-0.2, 0) is 10.0 Å². The highest BCUT2D eigenvalue weighted by molar-refractivity contribution is 7.89. The first kappa shape index (κ1) is 13.9. The molecule has 0 fully saturated rings. The summed E-state index contributed by atoms with van der Waals surface area (Å²) < 4.78 is 25.4. The van der Waals surface area contributed by atoms with E-state index in [1.165, 1.54) is 0 Å². The maximum atomic E-state index is 11.4. The molecule has 1 N–H and O–H groups in total. The van der Waals surface area contributed by atoms with E-state index in [-0.39, 0.29) is 11.8 Å². The molecule has 0 saturated heterocycles. The summed E-state index contributed by atoms with van der Waals surface area (Å²) in [4.78, 5) is 0. The van der Waals surface area contributed by atoms with E-state index in [4.69, 9.17) is 11.6 Å². The van der Waals surface area contributed by atoms with Crippen LogP contribution in [0.5, 0.6) is 0 Å². The minimum absolute atomic E-state index is 0.0755. The molecule has 14 heavy (non-hydrogen) atoms. The van der Waals surface area contributed by atoms with Crippen molar-refractivity contribution in [1.82, 2.24) is 4.72 Å². The second kappa shape index (κ2) is 7.26. The zero-order valence-corrected chi connectivity index (χ0v) is 10.1. The van der Waals surface area contributed by atoms with E-state index in [2.05, 4.69) is 11.3 Å². The number of halogens is 1. The third kappa shape index (κ3) is 7.35. The van der Waals surface area contributed by atoms with E-state index >= 15 is 0 Å². The minimum atomic E-state index is -3.13. The fourth-order valence-corrected chi connectivity index (χ4v) is 2.65. The first-order valence-electron chi connectivity index (χ1n) is 4.68. The zero-order valence-electron chi connectivity index (χ0n) is 8.50. The van der Waals surface area contributed by atoms with E-state index < -0.39 is 10.0 Å². The minimum Gasteiger partial charge on any atom is -0.212 e. The van der Waals surface area contributed by atoms with Gasteiger partial charge in [-0.3, -0.25) is 0 Å². The Labute approximate surface area is 91.6 Å². The van der Waals surface area contributed by atoms with Gasteiger partial charge in [0.05, 0.1) is 5.75 Å². The Morgan fingerprint density at radius 2 is 2.14 bits per heavy atom. The predicted molar refractivity (Wildman–Crippen MR) is 61.2 cm³/mol. The second-order valence-corrected chi connectivity index (χ2v) is 5.51. The molecule has 0 amide bonds. The molecule has 0 aromatic carbocycles. The summed E-state index contributed by atoms with van der Waals surface area (Å²) in [5.74, 6) is 0.666. The van der Waals surface area contributed by atoms with Crippen molar-refractivity contribution in [3.05, 3.63) is 12.7 Å². The largest absolute Gasteiger partial charge is 0.212 e. The molecule has 3 nitrogen and oxygen atoms in total. The van der Waals surface area contributed by atoms with Gasteiger partial charge in [-0.2, -0.15) is 0 Å². The van der Waals surface area contributed by atoms with E-state index in [0.29, 0.717) is 18.7 Å². The van der Waals surface area contributed by atoms with Crippen molar-refractivity contribution in [1.29, 1.82) is 0 Å². The SMILES string of the molecule is C=CCC(C)NS(=O)(=O)CCCCCl. The summed E-state index contributed by atoms with van der Waals surface area (Å²) in [7, 11) is -3.13. The maximum Gasteiger partial charge on any atom is 0.211 e. The van der Waals surface area contributed by atoms with Crippen molar-refractivity contribution < 1.29 is 8.42 Å². The second-order valence-electron chi connectivity index (χ2n) is 3.26. The number of alkyl halides is 1. The first-order valence-corrected chi connectivity index (χ1v) is 6.87. The average molecular weight is 240 g/mol. The molecular formula is C9H18ClNO2S. The third-order valence-corrected chi connectivity index (χ3v) is 3.55. The number of hydrogen-bond donors (Lipinski definition) is 1. The summed E-state index contributed by atoms with van der Waals surface area (Å²) in [6, 6.07) is -0.0755. The van der Waals surface area contributed by atoms with Crippen molar-refractivity contribution in [2.24, 2.45) is 0 Å². The van der Waals surface area contributed by atoms with Gasteiger partial charge >= 0.3 is 0 Å². The van der Waals surface area contributed by atoms with Gasteiger partial charge in [0.2, 0.25) is 10.0 Å². The van der Waals surface area contributed by atoms with Gasteiger partial charge in [-0.1, -0.05) is 6.08 Å². The Hall–Kier alpha value is -0.0600. The Balaban J connectivity index is 3.88. The predicted octanol–water partition coefficient (Wildman–Crippen LogP) is 1.89. The molecule has 0 rings (SSSR count). The lowest BCUT2D eigenvalue weighted by Gasteiger charge is -2.11. The van der Waals surface area contributed by atoms with Gasteiger partial charge in [-0.25, -0.2) is 13.1 Å². The lowest BCUT2D eigenvalue weighted by Crippen LogP contribution is -2.34. The van der Waals surface area contributed by atoms with Crippen molar-refractivity contribution in [2.45, 2.75) is 32.2 Å². The standard InChI is InChI=1S/C9H18ClNO2S/c1-3-6-9(2)11-14(12,13)8-5-4-7-10/h3,9,11H,1,4-8H2,2H3. The molecule has 0 heterocycles. The Kier molecular flexibility index (Phi) is 7.23. The van der Waals surface area contributed by atoms with Crippen LogP contribution in [0.15, 0.2) is 12.7 Å². The van der Waals surface area contributed by atoms with Crippen LogP contribution in [0.25, 0.3) is 0 Å². The Bertz CT molecular complexity index is 252. The maximum absolute atomic E-state index is 11.4. The molecule has 0 saturated carbocycles. The lowest BCUT2D eigenvalue weighted by atomic mass is 10.3. The number of hydrogen-bond acceptors (Lipinski definition) is 2. The molecule has 0 radical (unpaired) electrons. The summed E-state index contributed by atoms with van der Waals surface area (Å²) in [6.07, 6.45) is 3.69. The van der Waals surface area contributed by atoms with Gasteiger partial charge in [0, 0.05) is 11.9 Å². The third-order valence-electron chi connectivity index (χ3n) is 1.70. The van der Waals surface area contributed by atoms with Gasteiger partial charge in [-0.15, -0.1) is 18.2 Å². The molecule has 0 aromatic rings. The molecule has 0 aliphatic heterocycles. The first-order chi connectivity index (χ1) is 6.52. The quantitative estimate of drug-likeness (QED) is 0.400. The molecule has 5 heteroatoms. The number of nitrogens with one attached hydrogen (secondary N) is 1. The Morgan fingerprint density at radius 3 is 2.64 bits per heavy atom. The smallest absolute Gasteiger partial charge is 0.211 e. The van der Waals surface area contributed by atoms with E-state index in [9.17, 15) is 8.42 Å². The highest BCUT2D eigenvalue weighted by Crippen LogP contribution is 1.99. The number of sulfonamides is 1. The molecule has 1 unspecified atom stereocenters. The highest BCUT2D eigenvalue weighted by Gasteiger charge is 2.12. The topological polar surface area (TPSA) is 46.2 Å². The number of unbranched alkanes of at least 4 members (excludes halogenated alkanes) is 1. The van der Waals surface area contributed by atoms with Gasteiger partial charge < -0.3 is 0 Å². The summed E-state index contributed by atoms with van der Waals surface area (Å²) in [5, 5.41) is 0. The van der Waals surface area contributed by atoms with Crippen LogP contribution in [0.1, 0.15) is 26.2 Å². The molecular weight excluding hydrogens is 222 g/mol. The van der Waals surface area contributed by atoms with Crippen LogP contribution < -0.4 is 4.72 Å². The lowest BCUT2D eigenvalue weighted by molar-refractivity contribution is 0.559. The van der Waals surface area contributed by atoms with E-state index in [1.807, 2.05) is 6.92 Å². The van der Waals surface area contributed by atoms with Gasteiger partial charge in [0.15, 0.2) is 0 Å². The fraction of sp³-hybridized carbons (Fsp3) is 0.778. The van der Waals surface area contributed by atoms with Crippen LogP contribution in [0.3, 0.4) is 0 Å². The summed E-state index contributed by atoms with van der Waals surface area (Å²) in [5.41, 5.74) is 0. The summed E-state index contributed by atoms with van der Waals surface area (Å²) in [6.45, 7) is 5.37. The van der Waals surface area contributed by atoms with Gasteiger partial charge in [0.1, 0.15) is 0 Å². The van der Waals surface area contributed by atoms with E-state index in [1.54, 1.807) is 6.08 Å². The zero-order chi connectivity index (χ0) is 11.0. The van der Waals surface area contributed by atoms with Crippen LogP contribution >= 0.6 is 11.6 Å². The fourth-order valence-electron chi connectivity index (χ4n) is 1.05. The Morgan fingerprint density at radius 1 is 1.50 bits per heavy atom. The molecule has 0 aromatic heterocycles. The van der Waals surface area contributed by atoms with Crippen LogP contribution in [0, 0.1) is 0 Å². The average Bonchev–Trinajstić information content (AvgIpc) is 2.03.